The van der Waals surface area contributed by atoms with Gasteiger partial charge in [-0.2, -0.15) is 0 Å². The van der Waals surface area contributed by atoms with E-state index in [4.69, 9.17) is 5.84 Å². The molecule has 1 aromatic rings. The zero-order valence-corrected chi connectivity index (χ0v) is 11.8. The number of nitrogens with one attached hydrogen (secondary N) is 3. The van der Waals surface area contributed by atoms with Crippen LogP contribution in [0.25, 0.3) is 0 Å². The van der Waals surface area contributed by atoms with Crippen molar-refractivity contribution in [1.82, 2.24) is 15.6 Å². The van der Waals surface area contributed by atoms with Gasteiger partial charge in [-0.25, -0.2) is 0 Å². The molecule has 0 spiro atoms. The fraction of sp³-hybridized carbons (Fsp3) is 0.462. The molecule has 0 aliphatic rings. The summed E-state index contributed by atoms with van der Waals surface area (Å²) in [5.41, 5.74) is 4.08. The molecule has 5 N–H and O–H groups in total. The van der Waals surface area contributed by atoms with Crippen LogP contribution in [0.15, 0.2) is 12.3 Å². The minimum Gasteiger partial charge on any atom is -0.356 e. The molecule has 0 bridgehead atoms. The van der Waals surface area contributed by atoms with E-state index < -0.39 is 0 Å². The zero-order valence-electron chi connectivity index (χ0n) is 11.8. The lowest BCUT2D eigenvalue weighted by molar-refractivity contribution is -0.120. The van der Waals surface area contributed by atoms with Crippen LogP contribution < -0.4 is 21.9 Å². The molecule has 1 aromatic heterocycles. The summed E-state index contributed by atoms with van der Waals surface area (Å²) < 4.78 is 0. The summed E-state index contributed by atoms with van der Waals surface area (Å²) in [6.07, 6.45) is 2.59. The summed E-state index contributed by atoms with van der Waals surface area (Å²) >= 11 is 0. The molecule has 0 aromatic carbocycles. The molecule has 1 heterocycles. The van der Waals surface area contributed by atoms with Crippen molar-refractivity contribution >= 4 is 17.5 Å². The van der Waals surface area contributed by atoms with Gasteiger partial charge in [0.1, 0.15) is 0 Å². The lowest BCUT2D eigenvalue weighted by Gasteiger charge is -2.10. The van der Waals surface area contributed by atoms with Crippen LogP contribution in [-0.2, 0) is 4.79 Å². The Morgan fingerprint density at radius 3 is 2.70 bits per heavy atom. The van der Waals surface area contributed by atoms with Crippen molar-refractivity contribution in [2.24, 2.45) is 5.84 Å². The standard InChI is InChI=1S/C13H21N5O2/c1-3-5-15-12(19)4-6-16-13(20)10-8-17-9(2)7-11(10)18-14/h7-8H,3-6,14H2,1-2H3,(H,15,19)(H,16,20)(H,17,18). The number of rotatable bonds is 7. The Morgan fingerprint density at radius 2 is 2.05 bits per heavy atom. The lowest BCUT2D eigenvalue weighted by atomic mass is 10.2. The average molecular weight is 279 g/mol. The predicted octanol–water partition coefficient (Wildman–Crippen LogP) is 0.322. The number of carbonyl (C=O) groups is 2. The van der Waals surface area contributed by atoms with E-state index in [-0.39, 0.29) is 24.8 Å². The van der Waals surface area contributed by atoms with Crippen molar-refractivity contribution < 1.29 is 9.59 Å². The van der Waals surface area contributed by atoms with E-state index in [1.165, 1.54) is 6.20 Å². The Hall–Kier alpha value is -2.15. The van der Waals surface area contributed by atoms with Crippen molar-refractivity contribution in [3.63, 3.8) is 0 Å². The number of pyridine rings is 1. The third-order valence-electron chi connectivity index (χ3n) is 2.65. The van der Waals surface area contributed by atoms with E-state index in [9.17, 15) is 9.59 Å². The minimum absolute atomic E-state index is 0.0774. The van der Waals surface area contributed by atoms with Gasteiger partial charge in [0.05, 0.1) is 11.3 Å². The summed E-state index contributed by atoms with van der Waals surface area (Å²) in [4.78, 5) is 27.4. The van der Waals surface area contributed by atoms with Gasteiger partial charge in [-0.15, -0.1) is 0 Å². The van der Waals surface area contributed by atoms with Crippen LogP contribution in [0.5, 0.6) is 0 Å². The second-order valence-corrected chi connectivity index (χ2v) is 4.37. The first-order valence-electron chi connectivity index (χ1n) is 6.56. The molecule has 0 atom stereocenters. The van der Waals surface area contributed by atoms with Crippen molar-refractivity contribution in [3.05, 3.63) is 23.5 Å². The molecular weight excluding hydrogens is 258 g/mol. The van der Waals surface area contributed by atoms with Gasteiger partial charge in [-0.3, -0.25) is 20.4 Å². The fourth-order valence-corrected chi connectivity index (χ4v) is 1.60. The number of aryl methyl sites for hydroxylation is 1. The number of hydrogen-bond acceptors (Lipinski definition) is 5. The smallest absolute Gasteiger partial charge is 0.255 e. The number of hydrazine groups is 1. The Bertz CT molecular complexity index is 476. The molecule has 0 unspecified atom stereocenters. The van der Waals surface area contributed by atoms with Crippen LogP contribution in [0.4, 0.5) is 5.69 Å². The maximum atomic E-state index is 12.0. The number of nitrogens with two attached hydrogens (primary N) is 1. The van der Waals surface area contributed by atoms with Gasteiger partial charge in [-0.05, 0) is 19.4 Å². The van der Waals surface area contributed by atoms with E-state index in [0.29, 0.717) is 17.8 Å². The molecule has 0 fully saturated rings. The highest BCUT2D eigenvalue weighted by Crippen LogP contribution is 2.13. The van der Waals surface area contributed by atoms with Crippen molar-refractivity contribution in [3.8, 4) is 0 Å². The van der Waals surface area contributed by atoms with Crippen LogP contribution >= 0.6 is 0 Å². The van der Waals surface area contributed by atoms with Gasteiger partial charge in [0.25, 0.3) is 5.91 Å². The Balaban J connectivity index is 2.49. The summed E-state index contributed by atoms with van der Waals surface area (Å²) in [5.74, 6) is 4.98. The van der Waals surface area contributed by atoms with Crippen LogP contribution in [0.3, 0.4) is 0 Å². The Morgan fingerprint density at radius 1 is 1.30 bits per heavy atom. The Kier molecular flexibility index (Phi) is 6.45. The highest BCUT2D eigenvalue weighted by Gasteiger charge is 2.12. The van der Waals surface area contributed by atoms with Crippen LogP contribution in [-0.4, -0.2) is 29.9 Å². The van der Waals surface area contributed by atoms with E-state index >= 15 is 0 Å². The molecular formula is C13H21N5O2. The predicted molar refractivity (Wildman–Crippen MR) is 77.0 cm³/mol. The molecule has 7 heteroatoms. The van der Waals surface area contributed by atoms with Crippen molar-refractivity contribution in [2.45, 2.75) is 26.7 Å². The number of hydrogen-bond donors (Lipinski definition) is 4. The van der Waals surface area contributed by atoms with E-state index in [1.807, 2.05) is 6.92 Å². The second kappa shape index (κ2) is 8.11. The second-order valence-electron chi connectivity index (χ2n) is 4.37. The molecule has 0 aliphatic heterocycles. The number of anilines is 1. The number of carbonyl (C=O) groups excluding carboxylic acids is 2. The summed E-state index contributed by atoms with van der Waals surface area (Å²) in [6, 6.07) is 1.68. The quantitative estimate of drug-likeness (QED) is 0.424. The van der Waals surface area contributed by atoms with Gasteiger partial charge < -0.3 is 16.1 Å². The number of aromatic nitrogens is 1. The molecule has 110 valence electrons. The van der Waals surface area contributed by atoms with E-state index in [0.717, 1.165) is 12.1 Å². The van der Waals surface area contributed by atoms with Crippen molar-refractivity contribution in [1.29, 1.82) is 0 Å². The SMILES string of the molecule is CCCNC(=O)CCNC(=O)c1cnc(C)cc1NN. The number of nitrogens with zero attached hydrogens (tertiary/aromatic N) is 1. The summed E-state index contributed by atoms with van der Waals surface area (Å²) in [6.45, 7) is 4.70. The largest absolute Gasteiger partial charge is 0.356 e. The number of nitrogen functional groups attached to an aromatic ring is 1. The van der Waals surface area contributed by atoms with Gasteiger partial charge in [-0.1, -0.05) is 6.92 Å². The van der Waals surface area contributed by atoms with Crippen LogP contribution in [0.2, 0.25) is 0 Å². The minimum atomic E-state index is -0.311. The monoisotopic (exact) mass is 279 g/mol. The molecule has 0 saturated heterocycles. The van der Waals surface area contributed by atoms with Gasteiger partial charge in [0.15, 0.2) is 0 Å². The third kappa shape index (κ3) is 4.85. The van der Waals surface area contributed by atoms with Crippen LogP contribution in [0, 0.1) is 6.92 Å². The molecule has 7 nitrogen and oxygen atoms in total. The van der Waals surface area contributed by atoms with Crippen molar-refractivity contribution in [2.75, 3.05) is 18.5 Å². The molecule has 1 rings (SSSR count). The maximum Gasteiger partial charge on any atom is 0.255 e. The zero-order chi connectivity index (χ0) is 15.0. The highest BCUT2D eigenvalue weighted by atomic mass is 16.2. The van der Waals surface area contributed by atoms with Gasteiger partial charge in [0.2, 0.25) is 5.91 Å². The topological polar surface area (TPSA) is 109 Å². The molecule has 0 radical (unpaired) electrons. The first-order valence-corrected chi connectivity index (χ1v) is 6.56. The maximum absolute atomic E-state index is 12.0. The third-order valence-corrected chi connectivity index (χ3v) is 2.65. The van der Waals surface area contributed by atoms with Gasteiger partial charge >= 0.3 is 0 Å². The normalized spacial score (nSPS) is 9.95. The average Bonchev–Trinajstić information content (AvgIpc) is 2.44. The molecule has 0 saturated carbocycles. The number of amides is 2. The van der Waals surface area contributed by atoms with Gasteiger partial charge in [0, 0.05) is 31.4 Å². The molecule has 0 aliphatic carbocycles. The highest BCUT2D eigenvalue weighted by molar-refractivity contribution is 5.99. The first-order chi connectivity index (χ1) is 9.58. The molecule has 20 heavy (non-hydrogen) atoms. The summed E-state index contributed by atoms with van der Waals surface area (Å²) in [7, 11) is 0. The van der Waals surface area contributed by atoms with Crippen LogP contribution in [0.1, 0.15) is 35.8 Å². The fourth-order valence-electron chi connectivity index (χ4n) is 1.60. The molecule has 2 amide bonds. The van der Waals surface area contributed by atoms with E-state index in [1.54, 1.807) is 13.0 Å². The Labute approximate surface area is 118 Å². The summed E-state index contributed by atoms with van der Waals surface area (Å²) in [5, 5.41) is 5.41. The van der Waals surface area contributed by atoms with E-state index in [2.05, 4.69) is 21.0 Å². The lowest BCUT2D eigenvalue weighted by Crippen LogP contribution is -2.31. The first kappa shape index (κ1) is 15.9.